The van der Waals surface area contributed by atoms with Crippen LogP contribution in [0, 0.1) is 0 Å². The number of unbranched alkanes of at least 4 members (excludes halogenated alkanes) is 1. The molecule has 0 saturated carbocycles. The Kier molecular flexibility index (Phi) is 7.05. The number of nitrogens with one attached hydrogen (secondary N) is 2. The van der Waals surface area contributed by atoms with Gasteiger partial charge in [0, 0.05) is 18.3 Å². The van der Waals surface area contributed by atoms with Gasteiger partial charge in [-0.2, -0.15) is 12.6 Å². The second-order valence-corrected chi connectivity index (χ2v) is 3.72. The molecule has 0 spiro atoms. The summed E-state index contributed by atoms with van der Waals surface area (Å²) in [5.74, 6) is 0. The largest absolute Gasteiger partial charge is 0.338 e. The fourth-order valence-electron chi connectivity index (χ4n) is 0.682. The Morgan fingerprint density at radius 2 is 2.17 bits per heavy atom. The third-order valence-corrected chi connectivity index (χ3v) is 1.56. The van der Waals surface area contributed by atoms with Gasteiger partial charge < -0.3 is 10.6 Å². The summed E-state index contributed by atoms with van der Waals surface area (Å²) in [6.07, 6.45) is 2.13. The number of urea groups is 1. The average Bonchev–Trinajstić information content (AvgIpc) is 2.01. The van der Waals surface area contributed by atoms with E-state index in [1.54, 1.807) is 0 Å². The molecule has 0 aliphatic rings. The number of carbonyl (C=O) groups is 1. The minimum Gasteiger partial charge on any atom is -0.338 e. The minimum atomic E-state index is -0.0932. The van der Waals surface area contributed by atoms with E-state index in [0.29, 0.717) is 6.54 Å². The van der Waals surface area contributed by atoms with Crippen LogP contribution in [0.4, 0.5) is 4.79 Å². The van der Waals surface area contributed by atoms with Crippen molar-refractivity contribution < 1.29 is 4.79 Å². The van der Waals surface area contributed by atoms with Crippen LogP contribution in [0.1, 0.15) is 26.7 Å². The smallest absolute Gasteiger partial charge is 0.314 e. The lowest BCUT2D eigenvalue weighted by molar-refractivity contribution is 0.241. The maximum absolute atomic E-state index is 11.0. The van der Waals surface area contributed by atoms with Gasteiger partial charge in [-0.05, 0) is 6.42 Å². The molecule has 0 aromatic heterocycles. The molecule has 0 fully saturated rings. The fraction of sp³-hybridized carbons (Fsp3) is 0.875. The lowest BCUT2D eigenvalue weighted by Crippen LogP contribution is -2.38. The first-order valence-corrected chi connectivity index (χ1v) is 4.88. The molecular formula is C8H18N2OS. The summed E-state index contributed by atoms with van der Waals surface area (Å²) in [7, 11) is 0. The van der Waals surface area contributed by atoms with Crippen molar-refractivity contribution >= 4 is 18.7 Å². The summed E-state index contributed by atoms with van der Waals surface area (Å²) in [6.45, 7) is 5.40. The van der Waals surface area contributed by atoms with E-state index >= 15 is 0 Å². The van der Waals surface area contributed by atoms with E-state index in [-0.39, 0.29) is 11.3 Å². The van der Waals surface area contributed by atoms with E-state index in [9.17, 15) is 4.79 Å². The predicted octanol–water partition coefficient (Wildman–Crippen LogP) is 1.40. The number of amides is 2. The van der Waals surface area contributed by atoms with Gasteiger partial charge in [-0.3, -0.25) is 0 Å². The van der Waals surface area contributed by atoms with E-state index in [0.717, 1.165) is 19.4 Å². The number of carbonyl (C=O) groups excluding carboxylic acids is 1. The Labute approximate surface area is 79.7 Å². The number of thiol groups is 1. The minimum absolute atomic E-state index is 0.0932. The van der Waals surface area contributed by atoms with E-state index in [4.69, 9.17) is 0 Å². The molecule has 0 bridgehead atoms. The van der Waals surface area contributed by atoms with Crippen molar-refractivity contribution in [1.82, 2.24) is 10.6 Å². The molecule has 4 heteroatoms. The highest BCUT2D eigenvalue weighted by Crippen LogP contribution is 1.88. The van der Waals surface area contributed by atoms with Crippen molar-refractivity contribution in [3.05, 3.63) is 0 Å². The van der Waals surface area contributed by atoms with E-state index < -0.39 is 0 Å². The Morgan fingerprint density at radius 3 is 2.67 bits per heavy atom. The number of rotatable bonds is 5. The maximum atomic E-state index is 11.0. The molecule has 2 amide bonds. The van der Waals surface area contributed by atoms with Gasteiger partial charge in [0.25, 0.3) is 0 Å². The Bertz CT molecular complexity index is 128. The van der Waals surface area contributed by atoms with Gasteiger partial charge in [0.15, 0.2) is 0 Å². The van der Waals surface area contributed by atoms with Crippen LogP contribution in [0.3, 0.4) is 0 Å². The first-order valence-electron chi connectivity index (χ1n) is 4.36. The van der Waals surface area contributed by atoms with Crippen LogP contribution >= 0.6 is 12.6 Å². The van der Waals surface area contributed by atoms with E-state index in [1.807, 2.05) is 6.92 Å². The first kappa shape index (κ1) is 11.6. The second-order valence-electron chi connectivity index (χ2n) is 2.84. The molecular weight excluding hydrogens is 172 g/mol. The van der Waals surface area contributed by atoms with Crippen molar-refractivity contribution in [3.63, 3.8) is 0 Å². The van der Waals surface area contributed by atoms with Crippen LogP contribution in [0.15, 0.2) is 0 Å². The van der Waals surface area contributed by atoms with Gasteiger partial charge in [-0.25, -0.2) is 4.79 Å². The second kappa shape index (κ2) is 7.28. The number of hydrogen-bond acceptors (Lipinski definition) is 2. The molecule has 0 radical (unpaired) electrons. The summed E-state index contributed by atoms with van der Waals surface area (Å²) < 4.78 is 0. The lowest BCUT2D eigenvalue weighted by atomic mass is 10.3. The zero-order chi connectivity index (χ0) is 9.40. The molecule has 0 heterocycles. The highest BCUT2D eigenvalue weighted by molar-refractivity contribution is 7.80. The summed E-state index contributed by atoms with van der Waals surface area (Å²) in [4.78, 5) is 11.0. The molecule has 1 atom stereocenters. The van der Waals surface area contributed by atoms with Crippen LogP contribution in [0.2, 0.25) is 0 Å². The van der Waals surface area contributed by atoms with Crippen molar-refractivity contribution in [2.75, 3.05) is 13.1 Å². The molecule has 0 rings (SSSR count). The van der Waals surface area contributed by atoms with Gasteiger partial charge in [-0.1, -0.05) is 20.3 Å². The third kappa shape index (κ3) is 7.72. The van der Waals surface area contributed by atoms with Crippen LogP contribution in [0.5, 0.6) is 0 Å². The Morgan fingerprint density at radius 1 is 1.50 bits per heavy atom. The van der Waals surface area contributed by atoms with E-state index in [1.165, 1.54) is 0 Å². The molecule has 2 N–H and O–H groups in total. The summed E-state index contributed by atoms with van der Waals surface area (Å²) in [5, 5.41) is 5.68. The lowest BCUT2D eigenvalue weighted by Gasteiger charge is -2.08. The molecule has 1 unspecified atom stereocenters. The quantitative estimate of drug-likeness (QED) is 0.445. The van der Waals surface area contributed by atoms with Crippen LogP contribution < -0.4 is 10.6 Å². The van der Waals surface area contributed by atoms with Gasteiger partial charge >= 0.3 is 6.03 Å². The standard InChI is InChI=1S/C8H18N2OS/c1-3-4-5-9-8(11)10-6-7(2)12/h7,12H,3-6H2,1-2H3,(H2,9,10,11). The summed E-state index contributed by atoms with van der Waals surface area (Å²) in [6, 6.07) is -0.0932. The normalized spacial score (nSPS) is 12.2. The first-order chi connectivity index (χ1) is 5.66. The van der Waals surface area contributed by atoms with Crippen LogP contribution in [-0.2, 0) is 0 Å². The van der Waals surface area contributed by atoms with E-state index in [2.05, 4.69) is 30.2 Å². The highest BCUT2D eigenvalue weighted by Gasteiger charge is 1.99. The molecule has 0 aliphatic carbocycles. The fourth-order valence-corrected chi connectivity index (χ4v) is 0.773. The molecule has 0 aromatic rings. The predicted molar refractivity (Wildman–Crippen MR) is 54.8 cm³/mol. The average molecular weight is 190 g/mol. The third-order valence-electron chi connectivity index (χ3n) is 1.37. The molecule has 3 nitrogen and oxygen atoms in total. The van der Waals surface area contributed by atoms with Crippen LogP contribution in [0.25, 0.3) is 0 Å². The molecule has 72 valence electrons. The van der Waals surface area contributed by atoms with Gasteiger partial charge in [0.2, 0.25) is 0 Å². The van der Waals surface area contributed by atoms with Gasteiger partial charge in [0.1, 0.15) is 0 Å². The van der Waals surface area contributed by atoms with Crippen molar-refractivity contribution in [3.8, 4) is 0 Å². The van der Waals surface area contributed by atoms with Crippen molar-refractivity contribution in [1.29, 1.82) is 0 Å². The van der Waals surface area contributed by atoms with Crippen molar-refractivity contribution in [2.24, 2.45) is 0 Å². The summed E-state index contributed by atoms with van der Waals surface area (Å²) in [5.41, 5.74) is 0. The summed E-state index contributed by atoms with van der Waals surface area (Å²) >= 11 is 4.14. The monoisotopic (exact) mass is 190 g/mol. The Balaban J connectivity index is 3.22. The molecule has 0 aliphatic heterocycles. The maximum Gasteiger partial charge on any atom is 0.314 e. The molecule has 0 aromatic carbocycles. The topological polar surface area (TPSA) is 41.1 Å². The highest BCUT2D eigenvalue weighted by atomic mass is 32.1. The zero-order valence-electron chi connectivity index (χ0n) is 7.76. The Hall–Kier alpha value is -0.380. The van der Waals surface area contributed by atoms with Gasteiger partial charge in [0.05, 0.1) is 0 Å². The zero-order valence-corrected chi connectivity index (χ0v) is 8.66. The molecule has 12 heavy (non-hydrogen) atoms. The van der Waals surface area contributed by atoms with Crippen LogP contribution in [-0.4, -0.2) is 24.4 Å². The van der Waals surface area contributed by atoms with Gasteiger partial charge in [-0.15, -0.1) is 0 Å². The number of hydrogen-bond donors (Lipinski definition) is 3. The molecule has 0 saturated heterocycles. The van der Waals surface area contributed by atoms with Crippen molar-refractivity contribution in [2.45, 2.75) is 31.9 Å². The SMILES string of the molecule is CCCCNC(=O)NCC(C)S.